The Bertz CT molecular complexity index is 543. The third-order valence-corrected chi connectivity index (χ3v) is 2.57. The molecule has 1 aromatic rings. The fraction of sp³-hybridized carbons (Fsp3) is 0.417. The van der Waals surface area contributed by atoms with Crippen LogP contribution in [0.2, 0.25) is 0 Å². The Morgan fingerprint density at radius 3 is 2.70 bits per heavy atom. The zero-order chi connectivity index (χ0) is 14.7. The van der Waals surface area contributed by atoms with Crippen molar-refractivity contribution in [2.45, 2.75) is 20.0 Å². The number of carbonyl (C=O) groups excluding carboxylic acids is 1. The van der Waals surface area contributed by atoms with Crippen LogP contribution in [0.1, 0.15) is 13.8 Å². The lowest BCUT2D eigenvalue weighted by Crippen LogP contribution is -2.26. The molecule has 0 amide bonds. The van der Waals surface area contributed by atoms with E-state index in [1.807, 2.05) is 0 Å². The smallest absolute Gasteiger partial charge is 0.347 e. The summed E-state index contributed by atoms with van der Waals surface area (Å²) in [4.78, 5) is 21.9. The lowest BCUT2D eigenvalue weighted by atomic mass is 10.2. The topological polar surface area (TPSA) is 97.1 Å². The predicted molar refractivity (Wildman–Crippen MR) is 65.9 cm³/mol. The number of nitro groups is 1. The van der Waals surface area contributed by atoms with Crippen LogP contribution < -0.4 is 14.2 Å². The molecular weight excluding hydrogens is 270 g/mol. The van der Waals surface area contributed by atoms with Crippen molar-refractivity contribution in [2.75, 3.05) is 13.4 Å². The van der Waals surface area contributed by atoms with Crippen LogP contribution in [-0.2, 0) is 9.53 Å². The normalized spacial score (nSPS) is 13.7. The average Bonchev–Trinajstić information content (AvgIpc) is 2.84. The summed E-state index contributed by atoms with van der Waals surface area (Å²) in [5.74, 6) is -0.0613. The van der Waals surface area contributed by atoms with Crippen LogP contribution in [0.3, 0.4) is 0 Å². The monoisotopic (exact) mass is 283 g/mol. The summed E-state index contributed by atoms with van der Waals surface area (Å²) in [5, 5.41) is 11.0. The van der Waals surface area contributed by atoms with E-state index in [9.17, 15) is 14.9 Å². The number of nitro benzene ring substituents is 1. The molecule has 0 fully saturated rings. The van der Waals surface area contributed by atoms with Crippen molar-refractivity contribution in [1.82, 2.24) is 0 Å². The quantitative estimate of drug-likeness (QED) is 0.460. The summed E-state index contributed by atoms with van der Waals surface area (Å²) < 4.78 is 20.3. The van der Waals surface area contributed by atoms with Gasteiger partial charge in [0.25, 0.3) is 0 Å². The van der Waals surface area contributed by atoms with E-state index in [-0.39, 0.29) is 30.6 Å². The van der Waals surface area contributed by atoms with Gasteiger partial charge in [0, 0.05) is 6.07 Å². The van der Waals surface area contributed by atoms with Gasteiger partial charge in [-0.2, -0.15) is 0 Å². The maximum atomic E-state index is 11.5. The van der Waals surface area contributed by atoms with Crippen molar-refractivity contribution < 1.29 is 28.7 Å². The van der Waals surface area contributed by atoms with Crippen LogP contribution in [0.25, 0.3) is 0 Å². The van der Waals surface area contributed by atoms with Crippen LogP contribution in [0.5, 0.6) is 17.2 Å². The van der Waals surface area contributed by atoms with Crippen molar-refractivity contribution in [2.24, 2.45) is 0 Å². The van der Waals surface area contributed by atoms with E-state index in [0.29, 0.717) is 5.75 Å². The molecule has 0 bridgehead atoms. The van der Waals surface area contributed by atoms with E-state index in [2.05, 4.69) is 0 Å². The lowest BCUT2D eigenvalue weighted by molar-refractivity contribution is -0.386. The van der Waals surface area contributed by atoms with Crippen molar-refractivity contribution in [3.8, 4) is 17.2 Å². The van der Waals surface area contributed by atoms with Gasteiger partial charge in [0.1, 0.15) is 0 Å². The molecule has 1 atom stereocenters. The van der Waals surface area contributed by atoms with E-state index in [1.54, 1.807) is 6.92 Å². The highest BCUT2D eigenvalue weighted by atomic mass is 16.7. The molecule has 0 aliphatic carbocycles. The first-order chi connectivity index (χ1) is 9.52. The molecule has 8 nitrogen and oxygen atoms in total. The largest absolute Gasteiger partial charge is 0.472 e. The Hall–Kier alpha value is -2.51. The van der Waals surface area contributed by atoms with Gasteiger partial charge in [-0.25, -0.2) is 4.79 Å². The summed E-state index contributed by atoms with van der Waals surface area (Å²) in [7, 11) is 0. The van der Waals surface area contributed by atoms with Crippen LogP contribution in [-0.4, -0.2) is 30.4 Å². The molecule has 1 aromatic carbocycles. The van der Waals surface area contributed by atoms with Crippen molar-refractivity contribution in [1.29, 1.82) is 0 Å². The predicted octanol–water partition coefficient (Wildman–Crippen LogP) is 1.65. The molecule has 1 aliphatic rings. The van der Waals surface area contributed by atoms with Crippen molar-refractivity contribution in [3.63, 3.8) is 0 Å². The molecule has 8 heteroatoms. The summed E-state index contributed by atoms with van der Waals surface area (Å²) in [6.07, 6.45) is -0.964. The number of rotatable bonds is 5. The number of carbonyl (C=O) groups is 1. The van der Waals surface area contributed by atoms with Crippen LogP contribution in [0, 0.1) is 10.1 Å². The molecule has 0 N–H and O–H groups in total. The summed E-state index contributed by atoms with van der Waals surface area (Å²) in [6.45, 7) is 3.30. The van der Waals surface area contributed by atoms with Gasteiger partial charge < -0.3 is 18.9 Å². The van der Waals surface area contributed by atoms with Gasteiger partial charge in [-0.1, -0.05) is 0 Å². The molecule has 20 heavy (non-hydrogen) atoms. The molecule has 0 saturated carbocycles. The fourth-order valence-corrected chi connectivity index (χ4v) is 1.65. The second-order valence-electron chi connectivity index (χ2n) is 3.94. The number of hydrogen-bond donors (Lipinski definition) is 0. The van der Waals surface area contributed by atoms with E-state index in [0.717, 1.165) is 0 Å². The number of esters is 1. The van der Waals surface area contributed by atoms with Gasteiger partial charge in [0.15, 0.2) is 17.6 Å². The Balaban J connectivity index is 2.26. The first kappa shape index (κ1) is 13.9. The Kier molecular flexibility index (Phi) is 3.92. The minimum absolute atomic E-state index is 0.0105. The van der Waals surface area contributed by atoms with Gasteiger partial charge in [0.2, 0.25) is 12.5 Å². The van der Waals surface area contributed by atoms with E-state index >= 15 is 0 Å². The van der Waals surface area contributed by atoms with Crippen LogP contribution in [0.4, 0.5) is 5.69 Å². The average molecular weight is 283 g/mol. The van der Waals surface area contributed by atoms with Crippen molar-refractivity contribution in [3.05, 3.63) is 22.2 Å². The van der Waals surface area contributed by atoms with Crippen LogP contribution >= 0.6 is 0 Å². The standard InChI is InChI=1S/C12H13NO7/c1-3-17-12(14)7(2)20-9-5-11-10(18-6-19-11)4-8(9)13(15)16/h4-5,7H,3,6H2,1-2H3. The minimum atomic E-state index is -0.964. The van der Waals surface area contributed by atoms with Gasteiger partial charge in [-0.3, -0.25) is 10.1 Å². The summed E-state index contributed by atoms with van der Waals surface area (Å²) >= 11 is 0. The van der Waals surface area contributed by atoms with Crippen molar-refractivity contribution >= 4 is 11.7 Å². The minimum Gasteiger partial charge on any atom is -0.472 e. The summed E-state index contributed by atoms with van der Waals surface area (Å²) in [6, 6.07) is 2.53. The highest BCUT2D eigenvalue weighted by Crippen LogP contribution is 2.42. The Labute approximate surface area is 114 Å². The van der Waals surface area contributed by atoms with Gasteiger partial charge >= 0.3 is 11.7 Å². The van der Waals surface area contributed by atoms with Gasteiger partial charge in [0.05, 0.1) is 17.6 Å². The van der Waals surface area contributed by atoms with Gasteiger partial charge in [-0.15, -0.1) is 0 Å². The summed E-state index contributed by atoms with van der Waals surface area (Å²) in [5.41, 5.74) is -0.301. The highest BCUT2D eigenvalue weighted by molar-refractivity contribution is 5.75. The molecule has 1 aliphatic heterocycles. The lowest BCUT2D eigenvalue weighted by Gasteiger charge is -2.13. The third kappa shape index (κ3) is 2.73. The molecule has 2 rings (SSSR count). The van der Waals surface area contributed by atoms with Crippen LogP contribution in [0.15, 0.2) is 12.1 Å². The SMILES string of the molecule is CCOC(=O)C(C)Oc1cc2c(cc1[N+](=O)[O-])OCO2. The second-order valence-corrected chi connectivity index (χ2v) is 3.94. The maximum absolute atomic E-state index is 11.5. The molecule has 0 spiro atoms. The Morgan fingerprint density at radius 1 is 1.45 bits per heavy atom. The number of ether oxygens (including phenoxy) is 4. The first-order valence-electron chi connectivity index (χ1n) is 5.94. The number of nitrogens with zero attached hydrogens (tertiary/aromatic N) is 1. The fourth-order valence-electron chi connectivity index (χ4n) is 1.65. The molecule has 1 unspecified atom stereocenters. The molecule has 0 aromatic heterocycles. The Morgan fingerprint density at radius 2 is 2.10 bits per heavy atom. The zero-order valence-electron chi connectivity index (χ0n) is 11.0. The number of benzene rings is 1. The zero-order valence-corrected chi connectivity index (χ0v) is 11.0. The number of fused-ring (bicyclic) bond motifs is 1. The van der Waals surface area contributed by atoms with Gasteiger partial charge in [-0.05, 0) is 13.8 Å². The first-order valence-corrected chi connectivity index (χ1v) is 5.94. The molecule has 108 valence electrons. The molecule has 0 radical (unpaired) electrons. The molecule has 0 saturated heterocycles. The molecule has 1 heterocycles. The molecular formula is C12H13NO7. The highest BCUT2D eigenvalue weighted by Gasteiger charge is 2.27. The maximum Gasteiger partial charge on any atom is 0.347 e. The third-order valence-electron chi connectivity index (χ3n) is 2.57. The van der Waals surface area contributed by atoms with E-state index in [1.165, 1.54) is 19.1 Å². The second kappa shape index (κ2) is 5.64. The number of hydrogen-bond acceptors (Lipinski definition) is 7. The van der Waals surface area contributed by atoms with E-state index < -0.39 is 17.0 Å². The van der Waals surface area contributed by atoms with E-state index in [4.69, 9.17) is 18.9 Å².